The summed E-state index contributed by atoms with van der Waals surface area (Å²) >= 11 is 0. The van der Waals surface area contributed by atoms with Crippen LogP contribution in [0.25, 0.3) is 0 Å². The van der Waals surface area contributed by atoms with Crippen LogP contribution in [0.1, 0.15) is 54.4 Å². The van der Waals surface area contributed by atoms with Crippen molar-refractivity contribution in [3.8, 4) is 0 Å². The molecule has 0 aliphatic heterocycles. The largest absolute Gasteiger partial charge is 0.392 e. The van der Waals surface area contributed by atoms with Gasteiger partial charge in [0.2, 0.25) is 5.91 Å². The highest BCUT2D eigenvalue weighted by atomic mass is 16.3. The molecular weight excluding hydrogens is 240 g/mol. The van der Waals surface area contributed by atoms with Crippen LogP contribution >= 0.6 is 0 Å². The lowest BCUT2D eigenvalue weighted by Crippen LogP contribution is -2.42. The Labute approximate surface area is 118 Å². The van der Waals surface area contributed by atoms with Gasteiger partial charge >= 0.3 is 0 Å². The minimum atomic E-state index is -0.433. The first-order valence-corrected chi connectivity index (χ1v) is 7.36. The molecule has 114 valence electrons. The van der Waals surface area contributed by atoms with E-state index in [0.717, 1.165) is 0 Å². The van der Waals surface area contributed by atoms with Gasteiger partial charge in [-0.25, -0.2) is 0 Å². The lowest BCUT2D eigenvalue weighted by Gasteiger charge is -2.31. The standard InChI is InChI=1S/C15H32N2O2/c1-11(2)16(7)10-14(18)8-9-15(19)17(12(3)4)13(5)6/h11-14,18H,8-10H2,1-7H3. The van der Waals surface area contributed by atoms with E-state index in [9.17, 15) is 9.90 Å². The molecule has 4 nitrogen and oxygen atoms in total. The van der Waals surface area contributed by atoms with E-state index >= 15 is 0 Å². The Morgan fingerprint density at radius 3 is 1.84 bits per heavy atom. The molecule has 0 radical (unpaired) electrons. The highest BCUT2D eigenvalue weighted by Gasteiger charge is 2.21. The average molecular weight is 272 g/mol. The Morgan fingerprint density at radius 1 is 1.00 bits per heavy atom. The molecule has 0 fully saturated rings. The number of likely N-dealkylation sites (N-methyl/N-ethyl adjacent to an activating group) is 1. The Bertz CT molecular complexity index is 257. The first-order valence-electron chi connectivity index (χ1n) is 7.36. The minimum Gasteiger partial charge on any atom is -0.392 e. The van der Waals surface area contributed by atoms with Gasteiger partial charge in [0.1, 0.15) is 0 Å². The summed E-state index contributed by atoms with van der Waals surface area (Å²) in [5.74, 6) is 0.135. The van der Waals surface area contributed by atoms with Crippen molar-refractivity contribution in [2.75, 3.05) is 13.6 Å². The summed E-state index contributed by atoms with van der Waals surface area (Å²) in [6.45, 7) is 12.9. The second kappa shape index (κ2) is 8.54. The van der Waals surface area contributed by atoms with Crippen LogP contribution in [0.15, 0.2) is 0 Å². The van der Waals surface area contributed by atoms with Gasteiger partial charge in [0.15, 0.2) is 0 Å². The van der Waals surface area contributed by atoms with Gasteiger partial charge in [-0.1, -0.05) is 0 Å². The quantitative estimate of drug-likeness (QED) is 0.736. The molecule has 1 unspecified atom stereocenters. The first-order chi connectivity index (χ1) is 8.66. The maximum Gasteiger partial charge on any atom is 0.223 e. The molecule has 0 saturated heterocycles. The number of carbonyl (C=O) groups excluding carboxylic acids is 1. The van der Waals surface area contributed by atoms with Crippen molar-refractivity contribution in [1.82, 2.24) is 9.80 Å². The smallest absolute Gasteiger partial charge is 0.223 e. The number of amides is 1. The van der Waals surface area contributed by atoms with Crippen molar-refractivity contribution < 1.29 is 9.90 Å². The minimum absolute atomic E-state index is 0.135. The number of hydrogen-bond acceptors (Lipinski definition) is 3. The fourth-order valence-electron chi connectivity index (χ4n) is 2.23. The van der Waals surface area contributed by atoms with Gasteiger partial charge in [-0.3, -0.25) is 4.79 Å². The summed E-state index contributed by atoms with van der Waals surface area (Å²) < 4.78 is 0. The fourth-order valence-corrected chi connectivity index (χ4v) is 2.23. The van der Waals surface area contributed by atoms with Crippen LogP contribution in [0.5, 0.6) is 0 Å². The molecule has 1 N–H and O–H groups in total. The molecule has 1 amide bonds. The molecule has 19 heavy (non-hydrogen) atoms. The summed E-state index contributed by atoms with van der Waals surface area (Å²) in [5, 5.41) is 9.96. The van der Waals surface area contributed by atoms with Crippen LogP contribution < -0.4 is 0 Å². The zero-order valence-corrected chi connectivity index (χ0v) is 13.7. The van der Waals surface area contributed by atoms with Crippen molar-refractivity contribution in [2.24, 2.45) is 0 Å². The van der Waals surface area contributed by atoms with Gasteiger partial charge in [-0.05, 0) is 55.0 Å². The molecule has 0 spiro atoms. The first kappa shape index (κ1) is 18.4. The average Bonchev–Trinajstić information content (AvgIpc) is 2.25. The number of rotatable bonds is 8. The van der Waals surface area contributed by atoms with Crippen LogP contribution in [0.2, 0.25) is 0 Å². The maximum absolute atomic E-state index is 12.2. The molecule has 4 heteroatoms. The highest BCUT2D eigenvalue weighted by Crippen LogP contribution is 2.10. The second-order valence-corrected chi connectivity index (χ2v) is 6.21. The van der Waals surface area contributed by atoms with Gasteiger partial charge in [0.25, 0.3) is 0 Å². The second-order valence-electron chi connectivity index (χ2n) is 6.21. The maximum atomic E-state index is 12.2. The van der Waals surface area contributed by atoms with Crippen LogP contribution in [-0.4, -0.2) is 58.6 Å². The SMILES string of the molecule is CC(C)N(C)CC(O)CCC(=O)N(C(C)C)C(C)C. The molecule has 0 aromatic heterocycles. The lowest BCUT2D eigenvalue weighted by atomic mass is 10.1. The van der Waals surface area contributed by atoms with E-state index in [0.29, 0.717) is 25.4 Å². The molecule has 0 rings (SSSR count). The molecule has 0 aromatic rings. The van der Waals surface area contributed by atoms with Crippen LogP contribution in [0.4, 0.5) is 0 Å². The van der Waals surface area contributed by atoms with Crippen molar-refractivity contribution in [1.29, 1.82) is 0 Å². The molecule has 0 aliphatic rings. The number of aliphatic hydroxyl groups excluding tert-OH is 1. The van der Waals surface area contributed by atoms with E-state index in [1.807, 2.05) is 39.6 Å². The topological polar surface area (TPSA) is 43.8 Å². The van der Waals surface area contributed by atoms with E-state index in [1.165, 1.54) is 0 Å². The molecule has 0 saturated carbocycles. The zero-order chi connectivity index (χ0) is 15.2. The Hall–Kier alpha value is -0.610. The van der Waals surface area contributed by atoms with E-state index in [2.05, 4.69) is 18.7 Å². The van der Waals surface area contributed by atoms with Gasteiger partial charge in [-0.2, -0.15) is 0 Å². The molecule has 1 atom stereocenters. The van der Waals surface area contributed by atoms with Crippen molar-refractivity contribution in [3.05, 3.63) is 0 Å². The molecule has 0 heterocycles. The number of carbonyl (C=O) groups is 1. The van der Waals surface area contributed by atoms with Crippen LogP contribution in [0, 0.1) is 0 Å². The third kappa shape index (κ3) is 6.92. The van der Waals surface area contributed by atoms with Crippen molar-refractivity contribution in [2.45, 2.75) is 78.6 Å². The van der Waals surface area contributed by atoms with Crippen molar-refractivity contribution >= 4 is 5.91 Å². The zero-order valence-electron chi connectivity index (χ0n) is 13.7. The van der Waals surface area contributed by atoms with Crippen LogP contribution in [0.3, 0.4) is 0 Å². The van der Waals surface area contributed by atoms with Gasteiger partial charge in [0, 0.05) is 31.1 Å². The van der Waals surface area contributed by atoms with Crippen LogP contribution in [-0.2, 0) is 4.79 Å². The Morgan fingerprint density at radius 2 is 1.47 bits per heavy atom. The lowest BCUT2D eigenvalue weighted by molar-refractivity contribution is -0.135. The summed E-state index contributed by atoms with van der Waals surface area (Å²) in [6, 6.07) is 0.833. The monoisotopic (exact) mass is 272 g/mol. The van der Waals surface area contributed by atoms with E-state index in [1.54, 1.807) is 0 Å². The fraction of sp³-hybridized carbons (Fsp3) is 0.933. The molecule has 0 aromatic carbocycles. The number of hydrogen-bond donors (Lipinski definition) is 1. The van der Waals surface area contributed by atoms with E-state index < -0.39 is 6.10 Å². The predicted molar refractivity (Wildman–Crippen MR) is 80.1 cm³/mol. The summed E-state index contributed by atoms with van der Waals surface area (Å²) in [5.41, 5.74) is 0. The van der Waals surface area contributed by atoms with E-state index in [4.69, 9.17) is 0 Å². The van der Waals surface area contributed by atoms with Gasteiger partial charge in [-0.15, -0.1) is 0 Å². The third-order valence-electron chi connectivity index (χ3n) is 3.47. The summed E-state index contributed by atoms with van der Waals surface area (Å²) in [4.78, 5) is 16.1. The molecule has 0 aliphatic carbocycles. The van der Waals surface area contributed by atoms with Crippen molar-refractivity contribution in [3.63, 3.8) is 0 Å². The van der Waals surface area contributed by atoms with E-state index in [-0.39, 0.29) is 18.0 Å². The third-order valence-corrected chi connectivity index (χ3v) is 3.47. The Balaban J connectivity index is 4.21. The number of aliphatic hydroxyl groups is 1. The predicted octanol–water partition coefficient (Wildman–Crippen LogP) is 2.11. The normalized spacial score (nSPS) is 13.7. The number of nitrogens with zero attached hydrogens (tertiary/aromatic N) is 2. The van der Waals surface area contributed by atoms with Gasteiger partial charge in [0.05, 0.1) is 6.10 Å². The molecular formula is C15H32N2O2. The summed E-state index contributed by atoms with van der Waals surface area (Å²) in [6.07, 6.45) is 0.521. The Kier molecular flexibility index (Phi) is 8.26. The highest BCUT2D eigenvalue weighted by molar-refractivity contribution is 5.76. The van der Waals surface area contributed by atoms with Gasteiger partial charge < -0.3 is 14.9 Å². The summed E-state index contributed by atoms with van der Waals surface area (Å²) in [7, 11) is 1.99. The molecule has 0 bridgehead atoms.